The lowest BCUT2D eigenvalue weighted by Crippen LogP contribution is -2.46. The van der Waals surface area contributed by atoms with Crippen LogP contribution in [-0.4, -0.2) is 49.5 Å². The molecule has 4 heteroatoms. The zero-order valence-electron chi connectivity index (χ0n) is 13.2. The number of methoxy groups -OCH3 is 1. The molecule has 0 radical (unpaired) electrons. The number of β-amino-alcohol motifs (C(OH)–C–C–N with tert-alkyl or cyclic N) is 1. The number of morpholine rings is 1. The summed E-state index contributed by atoms with van der Waals surface area (Å²) >= 11 is 0. The molecule has 118 valence electrons. The van der Waals surface area contributed by atoms with Gasteiger partial charge in [-0.05, 0) is 41.5 Å². The molecule has 1 N–H and O–H groups in total. The summed E-state index contributed by atoms with van der Waals surface area (Å²) in [5.41, 5.74) is 1.19. The minimum atomic E-state index is 0.0480. The van der Waals surface area contributed by atoms with Crippen molar-refractivity contribution in [2.45, 2.75) is 19.1 Å². The first-order valence-electron chi connectivity index (χ1n) is 7.77. The maximum Gasteiger partial charge on any atom is 0.119 e. The second-order valence-electron chi connectivity index (χ2n) is 5.76. The molecule has 2 unspecified atom stereocenters. The monoisotopic (exact) mass is 301 g/mol. The first-order chi connectivity index (χ1) is 10.7. The lowest BCUT2D eigenvalue weighted by Gasteiger charge is -2.39. The molecule has 0 bridgehead atoms. The summed E-state index contributed by atoms with van der Waals surface area (Å²) in [5.74, 6) is 0.872. The van der Waals surface area contributed by atoms with Gasteiger partial charge in [0.2, 0.25) is 0 Å². The van der Waals surface area contributed by atoms with E-state index in [4.69, 9.17) is 9.47 Å². The quantitative estimate of drug-likeness (QED) is 0.942. The Balaban J connectivity index is 1.89. The topological polar surface area (TPSA) is 41.9 Å². The highest BCUT2D eigenvalue weighted by atomic mass is 16.5. The fourth-order valence-electron chi connectivity index (χ4n) is 3.20. The highest BCUT2D eigenvalue weighted by Crippen LogP contribution is 2.31. The number of hydrogen-bond donors (Lipinski definition) is 1. The van der Waals surface area contributed by atoms with Crippen LogP contribution in [0.25, 0.3) is 10.8 Å². The molecule has 1 heterocycles. The van der Waals surface area contributed by atoms with E-state index in [1.807, 2.05) is 12.1 Å². The molecule has 0 aliphatic carbocycles. The van der Waals surface area contributed by atoms with Gasteiger partial charge in [-0.1, -0.05) is 18.2 Å². The molecule has 22 heavy (non-hydrogen) atoms. The summed E-state index contributed by atoms with van der Waals surface area (Å²) in [7, 11) is 1.68. The number of rotatable bonds is 4. The van der Waals surface area contributed by atoms with Crippen LogP contribution in [0.15, 0.2) is 36.4 Å². The Morgan fingerprint density at radius 2 is 2.00 bits per heavy atom. The lowest BCUT2D eigenvalue weighted by molar-refractivity contribution is -0.0703. The smallest absolute Gasteiger partial charge is 0.119 e. The van der Waals surface area contributed by atoms with Gasteiger partial charge in [0.25, 0.3) is 0 Å². The van der Waals surface area contributed by atoms with Gasteiger partial charge in [-0.2, -0.15) is 0 Å². The largest absolute Gasteiger partial charge is 0.497 e. The van der Waals surface area contributed by atoms with Crippen LogP contribution >= 0.6 is 0 Å². The molecule has 4 nitrogen and oxygen atoms in total. The van der Waals surface area contributed by atoms with E-state index in [0.717, 1.165) is 12.3 Å². The second kappa shape index (κ2) is 6.65. The van der Waals surface area contributed by atoms with E-state index in [0.29, 0.717) is 13.2 Å². The summed E-state index contributed by atoms with van der Waals surface area (Å²) in [4.78, 5) is 2.28. The standard InChI is InChI=1S/C18H23NO3/c1-13-18(22-10-8-19(13)7-9-20)16-4-3-15-12-17(21-2)6-5-14(15)11-16/h3-6,11-13,18,20H,7-10H2,1-2H3. The molecule has 1 aliphatic heterocycles. The zero-order chi connectivity index (χ0) is 15.5. The Bertz CT molecular complexity index is 641. The van der Waals surface area contributed by atoms with E-state index in [-0.39, 0.29) is 18.8 Å². The van der Waals surface area contributed by atoms with Crippen molar-refractivity contribution in [2.75, 3.05) is 33.4 Å². The van der Waals surface area contributed by atoms with Crippen LogP contribution in [0.2, 0.25) is 0 Å². The predicted octanol–water partition coefficient (Wildman–Crippen LogP) is 2.60. The summed E-state index contributed by atoms with van der Waals surface area (Å²) in [6, 6.07) is 12.8. The summed E-state index contributed by atoms with van der Waals surface area (Å²) < 4.78 is 11.3. The Morgan fingerprint density at radius 1 is 1.23 bits per heavy atom. The van der Waals surface area contributed by atoms with Crippen molar-refractivity contribution < 1.29 is 14.6 Å². The van der Waals surface area contributed by atoms with Crippen LogP contribution in [0, 0.1) is 0 Å². The van der Waals surface area contributed by atoms with Crippen LogP contribution in [0.1, 0.15) is 18.6 Å². The van der Waals surface area contributed by atoms with Gasteiger partial charge in [0.15, 0.2) is 0 Å². The Labute approximate surface area is 131 Å². The number of hydrogen-bond acceptors (Lipinski definition) is 4. The molecule has 0 saturated carbocycles. The molecule has 2 aromatic carbocycles. The molecular formula is C18H23NO3. The van der Waals surface area contributed by atoms with Crippen molar-refractivity contribution in [1.82, 2.24) is 4.90 Å². The average Bonchev–Trinajstić information content (AvgIpc) is 2.56. The molecule has 0 spiro atoms. The highest BCUT2D eigenvalue weighted by Gasteiger charge is 2.29. The number of fused-ring (bicyclic) bond motifs is 1. The van der Waals surface area contributed by atoms with Crippen molar-refractivity contribution in [1.29, 1.82) is 0 Å². The van der Waals surface area contributed by atoms with Crippen LogP contribution in [-0.2, 0) is 4.74 Å². The van der Waals surface area contributed by atoms with Crippen molar-refractivity contribution in [3.63, 3.8) is 0 Å². The predicted molar refractivity (Wildman–Crippen MR) is 87.3 cm³/mol. The van der Waals surface area contributed by atoms with Gasteiger partial charge in [-0.3, -0.25) is 4.90 Å². The maximum atomic E-state index is 9.19. The van der Waals surface area contributed by atoms with Crippen LogP contribution < -0.4 is 4.74 Å². The Hall–Kier alpha value is -1.62. The average molecular weight is 301 g/mol. The SMILES string of the molecule is COc1ccc2cc(C3OCCN(CCO)C3C)ccc2c1. The van der Waals surface area contributed by atoms with Gasteiger partial charge in [-0.25, -0.2) is 0 Å². The molecule has 3 rings (SSSR count). The number of aliphatic hydroxyl groups excluding tert-OH is 1. The fourth-order valence-corrected chi connectivity index (χ4v) is 3.20. The minimum Gasteiger partial charge on any atom is -0.497 e. The first kappa shape index (κ1) is 15.3. The zero-order valence-corrected chi connectivity index (χ0v) is 13.2. The second-order valence-corrected chi connectivity index (χ2v) is 5.76. The van der Waals surface area contributed by atoms with E-state index < -0.39 is 0 Å². The van der Waals surface area contributed by atoms with Crippen LogP contribution in [0.5, 0.6) is 5.75 Å². The van der Waals surface area contributed by atoms with Gasteiger partial charge in [-0.15, -0.1) is 0 Å². The highest BCUT2D eigenvalue weighted by molar-refractivity contribution is 5.84. The van der Waals surface area contributed by atoms with Gasteiger partial charge < -0.3 is 14.6 Å². The van der Waals surface area contributed by atoms with Gasteiger partial charge in [0.05, 0.1) is 26.4 Å². The lowest BCUT2D eigenvalue weighted by atomic mass is 9.97. The first-order valence-corrected chi connectivity index (χ1v) is 7.77. The molecule has 2 aromatic rings. The third kappa shape index (κ3) is 2.95. The molecule has 1 fully saturated rings. The molecule has 0 amide bonds. The van der Waals surface area contributed by atoms with Crippen molar-refractivity contribution in [3.05, 3.63) is 42.0 Å². The van der Waals surface area contributed by atoms with Crippen molar-refractivity contribution in [3.8, 4) is 5.75 Å². The normalized spacial score (nSPS) is 22.9. The van der Waals surface area contributed by atoms with E-state index in [1.54, 1.807) is 7.11 Å². The minimum absolute atomic E-state index is 0.0480. The maximum absolute atomic E-state index is 9.19. The van der Waals surface area contributed by atoms with Gasteiger partial charge in [0.1, 0.15) is 5.75 Å². The number of nitrogens with zero attached hydrogens (tertiary/aromatic N) is 1. The molecule has 1 saturated heterocycles. The number of benzene rings is 2. The number of ether oxygens (including phenoxy) is 2. The molecular weight excluding hydrogens is 278 g/mol. The van der Waals surface area contributed by atoms with Crippen LogP contribution in [0.3, 0.4) is 0 Å². The Kier molecular flexibility index (Phi) is 4.62. The number of aliphatic hydroxyl groups is 1. The van der Waals surface area contributed by atoms with Crippen molar-refractivity contribution in [2.24, 2.45) is 0 Å². The van der Waals surface area contributed by atoms with Crippen LogP contribution in [0.4, 0.5) is 0 Å². The third-order valence-electron chi connectivity index (χ3n) is 4.48. The van der Waals surface area contributed by atoms with E-state index >= 15 is 0 Å². The van der Waals surface area contributed by atoms with E-state index in [9.17, 15) is 5.11 Å². The Morgan fingerprint density at radius 3 is 2.77 bits per heavy atom. The third-order valence-corrected chi connectivity index (χ3v) is 4.48. The summed E-state index contributed by atoms with van der Waals surface area (Å²) in [5, 5.41) is 11.5. The van der Waals surface area contributed by atoms with Gasteiger partial charge >= 0.3 is 0 Å². The fraction of sp³-hybridized carbons (Fsp3) is 0.444. The van der Waals surface area contributed by atoms with E-state index in [1.165, 1.54) is 16.3 Å². The summed E-state index contributed by atoms with van der Waals surface area (Å²) in [6.45, 7) is 4.64. The molecule has 0 aromatic heterocycles. The molecule has 1 aliphatic rings. The van der Waals surface area contributed by atoms with Gasteiger partial charge in [0, 0.05) is 19.1 Å². The van der Waals surface area contributed by atoms with E-state index in [2.05, 4.69) is 36.1 Å². The summed E-state index contributed by atoms with van der Waals surface area (Å²) in [6.07, 6.45) is 0.0480. The molecule has 2 atom stereocenters. The van der Waals surface area contributed by atoms with Crippen molar-refractivity contribution >= 4 is 10.8 Å².